The minimum atomic E-state index is 0.614. The molecule has 3 heteroatoms. The van der Waals surface area contributed by atoms with E-state index >= 15 is 0 Å². The molecule has 0 bridgehead atoms. The van der Waals surface area contributed by atoms with Gasteiger partial charge in [-0.3, -0.25) is 0 Å². The molecular weight excluding hydrogens is 248 g/mol. The molecule has 0 heterocycles. The minimum Gasteiger partial charge on any atom is -0.494 e. The smallest absolute Gasteiger partial charge is 0.119 e. The van der Waals surface area contributed by atoms with Crippen LogP contribution in [0.5, 0.6) is 5.75 Å². The van der Waals surface area contributed by atoms with Crippen LogP contribution in [0.15, 0.2) is 24.3 Å². The molecule has 2 N–H and O–H groups in total. The fourth-order valence-corrected chi connectivity index (χ4v) is 2.21. The van der Waals surface area contributed by atoms with Crippen molar-refractivity contribution in [2.75, 3.05) is 25.4 Å². The lowest BCUT2D eigenvalue weighted by Crippen LogP contribution is -2.33. The number of anilines is 1. The van der Waals surface area contributed by atoms with Crippen molar-refractivity contribution in [3.8, 4) is 5.75 Å². The van der Waals surface area contributed by atoms with Crippen LogP contribution >= 0.6 is 0 Å². The summed E-state index contributed by atoms with van der Waals surface area (Å²) < 4.78 is 5.73. The van der Waals surface area contributed by atoms with Crippen molar-refractivity contribution in [1.82, 2.24) is 4.90 Å². The molecule has 1 aromatic carbocycles. The van der Waals surface area contributed by atoms with Crippen LogP contribution in [0.4, 0.5) is 5.69 Å². The first kappa shape index (κ1) is 16.8. The SMILES string of the molecule is CCCCCN(CCCOc1ccc(N)cc1)C(C)C. The van der Waals surface area contributed by atoms with E-state index in [1.807, 2.05) is 24.3 Å². The van der Waals surface area contributed by atoms with Gasteiger partial charge < -0.3 is 15.4 Å². The van der Waals surface area contributed by atoms with Gasteiger partial charge in [-0.25, -0.2) is 0 Å². The van der Waals surface area contributed by atoms with Crippen molar-refractivity contribution in [2.45, 2.75) is 52.5 Å². The largest absolute Gasteiger partial charge is 0.494 e. The second-order valence-electron chi connectivity index (χ2n) is 5.61. The van der Waals surface area contributed by atoms with E-state index in [-0.39, 0.29) is 0 Å². The molecule has 0 unspecified atom stereocenters. The second-order valence-corrected chi connectivity index (χ2v) is 5.61. The molecular formula is C17H30N2O. The molecule has 0 amide bonds. The van der Waals surface area contributed by atoms with Crippen LogP contribution in [0.3, 0.4) is 0 Å². The van der Waals surface area contributed by atoms with Gasteiger partial charge in [0.1, 0.15) is 5.75 Å². The van der Waals surface area contributed by atoms with Crippen LogP contribution in [0.2, 0.25) is 0 Å². The Balaban J connectivity index is 2.21. The van der Waals surface area contributed by atoms with Gasteiger partial charge in [-0.2, -0.15) is 0 Å². The fraction of sp³-hybridized carbons (Fsp3) is 0.647. The molecule has 0 saturated heterocycles. The number of rotatable bonds is 10. The van der Waals surface area contributed by atoms with E-state index in [0.29, 0.717) is 6.04 Å². The summed E-state index contributed by atoms with van der Waals surface area (Å²) in [6.07, 6.45) is 4.97. The van der Waals surface area contributed by atoms with Gasteiger partial charge in [-0.1, -0.05) is 19.8 Å². The Morgan fingerprint density at radius 1 is 1.05 bits per heavy atom. The maximum absolute atomic E-state index is 5.73. The Bertz CT molecular complexity index is 349. The van der Waals surface area contributed by atoms with Gasteiger partial charge in [0, 0.05) is 18.3 Å². The van der Waals surface area contributed by atoms with Crippen LogP contribution in [-0.2, 0) is 0 Å². The van der Waals surface area contributed by atoms with E-state index < -0.39 is 0 Å². The lowest BCUT2D eigenvalue weighted by molar-refractivity contribution is 0.194. The predicted molar refractivity (Wildman–Crippen MR) is 87.2 cm³/mol. The van der Waals surface area contributed by atoms with E-state index in [4.69, 9.17) is 10.5 Å². The van der Waals surface area contributed by atoms with Crippen molar-refractivity contribution in [3.05, 3.63) is 24.3 Å². The zero-order valence-corrected chi connectivity index (χ0v) is 13.3. The standard InChI is InChI=1S/C17H30N2O/c1-4-5-6-12-19(15(2)3)13-7-14-20-17-10-8-16(18)9-11-17/h8-11,15H,4-7,12-14,18H2,1-3H3. The second kappa shape index (κ2) is 9.65. The topological polar surface area (TPSA) is 38.5 Å². The Labute approximate surface area is 124 Å². The fourth-order valence-electron chi connectivity index (χ4n) is 2.21. The molecule has 0 spiro atoms. The van der Waals surface area contributed by atoms with Crippen LogP contribution < -0.4 is 10.5 Å². The van der Waals surface area contributed by atoms with E-state index in [0.717, 1.165) is 31.0 Å². The summed E-state index contributed by atoms with van der Waals surface area (Å²) in [6, 6.07) is 8.22. The zero-order valence-electron chi connectivity index (χ0n) is 13.3. The third kappa shape index (κ3) is 6.80. The van der Waals surface area contributed by atoms with Crippen molar-refractivity contribution < 1.29 is 4.74 Å². The first-order valence-corrected chi connectivity index (χ1v) is 7.86. The first-order valence-electron chi connectivity index (χ1n) is 7.86. The number of hydrogen-bond acceptors (Lipinski definition) is 3. The Hall–Kier alpha value is -1.22. The van der Waals surface area contributed by atoms with Crippen molar-refractivity contribution in [3.63, 3.8) is 0 Å². The minimum absolute atomic E-state index is 0.614. The monoisotopic (exact) mass is 278 g/mol. The zero-order chi connectivity index (χ0) is 14.8. The maximum atomic E-state index is 5.73. The molecule has 0 aliphatic heterocycles. The quantitative estimate of drug-likeness (QED) is 0.520. The molecule has 0 atom stereocenters. The first-order chi connectivity index (χ1) is 9.63. The Kier molecular flexibility index (Phi) is 8.12. The van der Waals surface area contributed by atoms with Gasteiger partial charge in [-0.15, -0.1) is 0 Å². The van der Waals surface area contributed by atoms with Crippen LogP contribution in [0.1, 0.15) is 46.5 Å². The molecule has 1 rings (SSSR count). The van der Waals surface area contributed by atoms with Gasteiger partial charge >= 0.3 is 0 Å². The predicted octanol–water partition coefficient (Wildman–Crippen LogP) is 3.94. The summed E-state index contributed by atoms with van der Waals surface area (Å²) in [6.45, 7) is 9.87. The van der Waals surface area contributed by atoms with Crippen LogP contribution in [-0.4, -0.2) is 30.6 Å². The Morgan fingerprint density at radius 2 is 1.70 bits per heavy atom. The Morgan fingerprint density at radius 3 is 2.30 bits per heavy atom. The third-order valence-electron chi connectivity index (χ3n) is 3.52. The highest BCUT2D eigenvalue weighted by molar-refractivity contribution is 5.41. The number of nitrogens with two attached hydrogens (primary N) is 1. The lowest BCUT2D eigenvalue weighted by atomic mass is 10.2. The van der Waals surface area contributed by atoms with Gasteiger partial charge in [0.15, 0.2) is 0 Å². The van der Waals surface area contributed by atoms with Crippen molar-refractivity contribution >= 4 is 5.69 Å². The number of ether oxygens (including phenoxy) is 1. The molecule has 0 aliphatic carbocycles. The number of nitrogen functional groups attached to an aromatic ring is 1. The molecule has 0 aromatic heterocycles. The highest BCUT2D eigenvalue weighted by Crippen LogP contribution is 2.13. The van der Waals surface area contributed by atoms with Crippen LogP contribution in [0.25, 0.3) is 0 Å². The van der Waals surface area contributed by atoms with Gasteiger partial charge in [0.25, 0.3) is 0 Å². The van der Waals surface area contributed by atoms with Gasteiger partial charge in [0.05, 0.1) is 6.61 Å². The summed E-state index contributed by atoms with van der Waals surface area (Å²) >= 11 is 0. The van der Waals surface area contributed by atoms with E-state index in [1.54, 1.807) is 0 Å². The summed E-state index contributed by atoms with van der Waals surface area (Å²) in [5, 5.41) is 0. The molecule has 20 heavy (non-hydrogen) atoms. The van der Waals surface area contributed by atoms with E-state index in [1.165, 1.54) is 25.8 Å². The normalized spacial score (nSPS) is 11.2. The van der Waals surface area contributed by atoms with Crippen LogP contribution in [0, 0.1) is 0 Å². The van der Waals surface area contributed by atoms with E-state index in [9.17, 15) is 0 Å². The summed E-state index contributed by atoms with van der Waals surface area (Å²) in [4.78, 5) is 2.54. The number of nitrogens with zero attached hydrogens (tertiary/aromatic N) is 1. The van der Waals surface area contributed by atoms with E-state index in [2.05, 4.69) is 25.7 Å². The van der Waals surface area contributed by atoms with Crippen molar-refractivity contribution in [2.24, 2.45) is 0 Å². The number of benzene rings is 1. The van der Waals surface area contributed by atoms with Crippen molar-refractivity contribution in [1.29, 1.82) is 0 Å². The molecule has 1 aromatic rings. The highest BCUT2D eigenvalue weighted by atomic mass is 16.5. The average molecular weight is 278 g/mol. The lowest BCUT2D eigenvalue weighted by Gasteiger charge is -2.26. The molecule has 0 radical (unpaired) electrons. The number of unbranched alkanes of at least 4 members (excludes halogenated alkanes) is 2. The molecule has 0 fully saturated rings. The molecule has 0 aliphatic rings. The molecule has 114 valence electrons. The third-order valence-corrected chi connectivity index (χ3v) is 3.52. The summed E-state index contributed by atoms with van der Waals surface area (Å²) in [5.74, 6) is 0.904. The summed E-state index contributed by atoms with van der Waals surface area (Å²) in [7, 11) is 0. The summed E-state index contributed by atoms with van der Waals surface area (Å²) in [5.41, 5.74) is 6.43. The number of hydrogen-bond donors (Lipinski definition) is 1. The molecule has 0 saturated carbocycles. The highest BCUT2D eigenvalue weighted by Gasteiger charge is 2.08. The van der Waals surface area contributed by atoms with Gasteiger partial charge in [0.2, 0.25) is 0 Å². The molecule has 3 nitrogen and oxygen atoms in total. The van der Waals surface area contributed by atoms with Gasteiger partial charge in [-0.05, 0) is 57.5 Å². The maximum Gasteiger partial charge on any atom is 0.119 e. The average Bonchev–Trinajstić information content (AvgIpc) is 2.43.